The molecule has 0 aliphatic carbocycles. The van der Waals surface area contributed by atoms with Crippen molar-refractivity contribution in [2.75, 3.05) is 18.4 Å². The molecule has 1 aromatic rings. The van der Waals surface area contributed by atoms with E-state index >= 15 is 0 Å². The smallest absolute Gasteiger partial charge is 0.203 e. The molecule has 0 bridgehead atoms. The summed E-state index contributed by atoms with van der Waals surface area (Å²) in [5.41, 5.74) is 0.997. The Labute approximate surface area is 112 Å². The van der Waals surface area contributed by atoms with Gasteiger partial charge in [0.2, 0.25) is 6.29 Å². The maximum atomic E-state index is 10.7. The van der Waals surface area contributed by atoms with Crippen LogP contribution in [0, 0.1) is 5.21 Å². The van der Waals surface area contributed by atoms with Crippen molar-refractivity contribution in [2.24, 2.45) is 0 Å². The molecule has 1 aliphatic rings. The van der Waals surface area contributed by atoms with Gasteiger partial charge in [-0.1, -0.05) is 12.1 Å². The highest BCUT2D eigenvalue weighted by Gasteiger charge is 2.22. The van der Waals surface area contributed by atoms with Crippen molar-refractivity contribution >= 4 is 5.69 Å². The first-order valence-electron chi connectivity index (χ1n) is 6.39. The number of hydrogen-bond acceptors (Lipinski definition) is 6. The molecule has 0 saturated carbocycles. The van der Waals surface area contributed by atoms with Gasteiger partial charge in [0.1, 0.15) is 0 Å². The van der Waals surface area contributed by atoms with Crippen LogP contribution in [0.1, 0.15) is 32.1 Å². The molecule has 1 fully saturated rings. The van der Waals surface area contributed by atoms with E-state index in [0.717, 1.165) is 18.5 Å². The molecule has 2 rings (SSSR count). The molecule has 1 unspecified atom stereocenters. The van der Waals surface area contributed by atoms with Gasteiger partial charge in [0.15, 0.2) is 0 Å². The van der Waals surface area contributed by atoms with E-state index < -0.39 is 6.29 Å². The fourth-order valence-electron chi connectivity index (χ4n) is 1.91. The van der Waals surface area contributed by atoms with E-state index in [1.807, 2.05) is 5.06 Å². The fourth-order valence-corrected chi connectivity index (χ4v) is 1.91. The second-order valence-corrected chi connectivity index (χ2v) is 4.76. The average Bonchev–Trinajstić information content (AvgIpc) is 2.64. The molecule has 6 nitrogen and oxygen atoms in total. The molecule has 1 N–H and O–H groups in total. The average molecular weight is 267 g/mol. The van der Waals surface area contributed by atoms with E-state index in [9.17, 15) is 5.21 Å². The molecule has 1 aromatic carbocycles. The van der Waals surface area contributed by atoms with Crippen LogP contribution in [0.4, 0.5) is 5.69 Å². The highest BCUT2D eigenvalue weighted by molar-refractivity contribution is 5.45. The molecule has 0 amide bonds. The Kier molecular flexibility index (Phi) is 4.73. The number of hydrogen-bond donors (Lipinski definition) is 1. The van der Waals surface area contributed by atoms with E-state index in [1.54, 1.807) is 12.1 Å². The number of hydroxylamine groups is 2. The maximum absolute atomic E-state index is 10.7. The van der Waals surface area contributed by atoms with Crippen LogP contribution in [0.3, 0.4) is 0 Å². The first-order chi connectivity index (χ1) is 9.08. The molecule has 1 atom stereocenters. The summed E-state index contributed by atoms with van der Waals surface area (Å²) in [5, 5.41) is 21.3. The van der Waals surface area contributed by atoms with Crippen LogP contribution in [0.25, 0.3) is 0 Å². The third-order valence-corrected chi connectivity index (χ3v) is 2.99. The molecule has 6 heteroatoms. The Balaban J connectivity index is 2.10. The van der Waals surface area contributed by atoms with E-state index in [4.69, 9.17) is 14.8 Å². The van der Waals surface area contributed by atoms with Crippen molar-refractivity contribution in [1.29, 1.82) is 0 Å². The molecule has 0 aromatic heterocycles. The predicted molar refractivity (Wildman–Crippen MR) is 70.3 cm³/mol. The second-order valence-electron chi connectivity index (χ2n) is 4.76. The van der Waals surface area contributed by atoms with E-state index in [1.165, 1.54) is 12.1 Å². The molecule has 0 radical (unpaired) electrons. The van der Waals surface area contributed by atoms with E-state index in [2.05, 4.69) is 13.8 Å². The van der Waals surface area contributed by atoms with E-state index in [-0.39, 0.29) is 17.0 Å². The molecular formula is C13H19N2O4-. The number of rotatable bonds is 3. The van der Waals surface area contributed by atoms with Gasteiger partial charge in [-0.05, 0) is 32.4 Å². The van der Waals surface area contributed by atoms with Gasteiger partial charge in [-0.25, -0.2) is 0 Å². The summed E-state index contributed by atoms with van der Waals surface area (Å²) in [6, 6.07) is 6.76. The van der Waals surface area contributed by atoms with Crippen molar-refractivity contribution < 1.29 is 14.8 Å². The third kappa shape index (κ3) is 3.65. The van der Waals surface area contributed by atoms with Gasteiger partial charge in [-0.2, -0.15) is 5.06 Å². The zero-order valence-corrected chi connectivity index (χ0v) is 11.2. The van der Waals surface area contributed by atoms with Gasteiger partial charge in [-0.3, -0.25) is 10.0 Å². The minimum Gasteiger partial charge on any atom is -0.733 e. The maximum Gasteiger partial charge on any atom is 0.203 e. The minimum absolute atomic E-state index is 0.168. The van der Waals surface area contributed by atoms with Crippen molar-refractivity contribution in [1.82, 2.24) is 5.06 Å². The largest absolute Gasteiger partial charge is 0.733 e. The normalized spacial score (nSPS) is 21.4. The van der Waals surface area contributed by atoms with E-state index in [0.29, 0.717) is 6.61 Å². The van der Waals surface area contributed by atoms with Crippen LogP contribution in [0.2, 0.25) is 0 Å². The van der Waals surface area contributed by atoms with Gasteiger partial charge in [-0.15, -0.1) is 0 Å². The Morgan fingerprint density at radius 1 is 1.37 bits per heavy atom. The molecule has 1 heterocycles. The number of nitrogens with zero attached hydrogens (tertiary/aromatic N) is 2. The third-order valence-electron chi connectivity index (χ3n) is 2.99. The molecule has 106 valence electrons. The Morgan fingerprint density at radius 3 is 2.63 bits per heavy atom. The van der Waals surface area contributed by atoms with Crippen molar-refractivity contribution in [2.45, 2.75) is 32.6 Å². The van der Waals surface area contributed by atoms with Gasteiger partial charge in [0.25, 0.3) is 0 Å². The standard InChI is InChI=1S/C13H19N2O4/c1-10(2)14-8-3-9-18-13(19-14)11-4-6-12(7-5-11)15(16)17/h4-7,10,13,16H,3,8-9H2,1-2H3/q-1. The van der Waals surface area contributed by atoms with Crippen LogP contribution in [-0.2, 0) is 9.57 Å². The van der Waals surface area contributed by atoms with Crippen molar-refractivity contribution in [3.63, 3.8) is 0 Å². The molecule has 1 aliphatic heterocycles. The van der Waals surface area contributed by atoms with Gasteiger partial charge in [0.05, 0.1) is 12.3 Å². The van der Waals surface area contributed by atoms with Crippen molar-refractivity contribution in [3.05, 3.63) is 35.0 Å². The molecule has 19 heavy (non-hydrogen) atoms. The zero-order chi connectivity index (χ0) is 13.8. The second kappa shape index (κ2) is 6.31. The lowest BCUT2D eigenvalue weighted by molar-refractivity contribution is -0.279. The summed E-state index contributed by atoms with van der Waals surface area (Å²) in [7, 11) is 0. The monoisotopic (exact) mass is 267 g/mol. The molecule has 1 saturated heterocycles. The van der Waals surface area contributed by atoms with Gasteiger partial charge >= 0.3 is 0 Å². The Hall–Kier alpha value is -1.18. The molecular weight excluding hydrogens is 248 g/mol. The minimum atomic E-state index is -0.474. The lowest BCUT2D eigenvalue weighted by Crippen LogP contribution is -2.32. The topological polar surface area (TPSA) is 68.2 Å². The Morgan fingerprint density at radius 2 is 2.05 bits per heavy atom. The van der Waals surface area contributed by atoms with Crippen LogP contribution in [-0.4, -0.2) is 29.5 Å². The van der Waals surface area contributed by atoms with Crippen LogP contribution in [0.5, 0.6) is 0 Å². The summed E-state index contributed by atoms with van der Waals surface area (Å²) in [5.74, 6) is 0. The summed E-state index contributed by atoms with van der Waals surface area (Å²) in [4.78, 5) is 5.82. The lowest BCUT2D eigenvalue weighted by atomic mass is 10.2. The van der Waals surface area contributed by atoms with Crippen LogP contribution >= 0.6 is 0 Å². The molecule has 0 spiro atoms. The summed E-state index contributed by atoms with van der Waals surface area (Å²) >= 11 is 0. The summed E-state index contributed by atoms with van der Waals surface area (Å²) in [6.45, 7) is 5.58. The Bertz CT molecular complexity index is 394. The number of benzene rings is 1. The number of ether oxygens (including phenoxy) is 1. The highest BCUT2D eigenvalue weighted by Crippen LogP contribution is 2.26. The lowest BCUT2D eigenvalue weighted by Gasteiger charge is -2.27. The SMILES string of the molecule is CC(C)N1CCCOC(c2ccc(N([O-])O)cc2)O1. The number of anilines is 1. The van der Waals surface area contributed by atoms with Crippen LogP contribution in [0.15, 0.2) is 24.3 Å². The first-order valence-corrected chi connectivity index (χ1v) is 6.39. The van der Waals surface area contributed by atoms with Crippen molar-refractivity contribution in [3.8, 4) is 0 Å². The van der Waals surface area contributed by atoms with Crippen LogP contribution < -0.4 is 5.23 Å². The first kappa shape index (κ1) is 14.2. The van der Waals surface area contributed by atoms with Gasteiger partial charge in [0, 0.05) is 18.2 Å². The highest BCUT2D eigenvalue weighted by atomic mass is 16.8. The van der Waals surface area contributed by atoms with Gasteiger partial charge < -0.3 is 15.2 Å². The zero-order valence-electron chi connectivity index (χ0n) is 11.2. The summed E-state index contributed by atoms with van der Waals surface area (Å²) < 4.78 is 5.65. The fraction of sp³-hybridized carbons (Fsp3) is 0.538. The summed E-state index contributed by atoms with van der Waals surface area (Å²) in [6.07, 6.45) is 0.440. The quantitative estimate of drug-likeness (QED) is 0.848. The predicted octanol–water partition coefficient (Wildman–Crippen LogP) is 2.44.